The summed E-state index contributed by atoms with van der Waals surface area (Å²) in [7, 11) is 0. The second-order valence-corrected chi connectivity index (χ2v) is 9.15. The molecular weight excluding hydrogens is 463 g/mol. The van der Waals surface area contributed by atoms with Crippen molar-refractivity contribution in [1.82, 2.24) is 25.0 Å². The van der Waals surface area contributed by atoms with E-state index in [9.17, 15) is 22.8 Å². The molecule has 2 saturated heterocycles. The number of nitriles is 1. The molecule has 2 aromatic heterocycles. The topological polar surface area (TPSA) is 109 Å². The molecule has 184 valence electrons. The summed E-state index contributed by atoms with van der Waals surface area (Å²) in [4.78, 5) is 35.2. The number of anilines is 1. The van der Waals surface area contributed by atoms with Crippen LogP contribution in [0, 0.1) is 17.2 Å². The summed E-state index contributed by atoms with van der Waals surface area (Å²) in [5.74, 6) is 0.610. The van der Waals surface area contributed by atoms with Crippen LogP contribution in [0.25, 0.3) is 0 Å². The summed E-state index contributed by atoms with van der Waals surface area (Å²) < 4.78 is 40.3. The minimum Gasteiger partial charge on any atom is -0.353 e. The van der Waals surface area contributed by atoms with Crippen molar-refractivity contribution in [2.75, 3.05) is 44.2 Å². The van der Waals surface area contributed by atoms with Gasteiger partial charge in [0.05, 0.1) is 23.2 Å². The number of fused-ring (bicyclic) bond motifs is 1. The van der Waals surface area contributed by atoms with E-state index in [0.29, 0.717) is 57.7 Å². The SMILES string of the molecule is N#Cc1ccc(N2CCN(C(=O)C3CCN(C4CCc5c4n[nH]c(=O)c5C(F)(F)F)C3)CC2)nc1. The van der Waals surface area contributed by atoms with Gasteiger partial charge < -0.3 is 9.80 Å². The van der Waals surface area contributed by atoms with Crippen molar-refractivity contribution < 1.29 is 18.0 Å². The molecule has 0 saturated carbocycles. The number of amides is 1. The van der Waals surface area contributed by atoms with Gasteiger partial charge >= 0.3 is 6.18 Å². The highest BCUT2D eigenvalue weighted by molar-refractivity contribution is 5.79. The molecule has 2 fully saturated rings. The van der Waals surface area contributed by atoms with Gasteiger partial charge in [-0.1, -0.05) is 0 Å². The normalized spacial score (nSPS) is 22.8. The van der Waals surface area contributed by atoms with Crippen LogP contribution in [0.1, 0.15) is 41.3 Å². The summed E-state index contributed by atoms with van der Waals surface area (Å²) in [6, 6.07) is 5.23. The Morgan fingerprint density at radius 1 is 1.14 bits per heavy atom. The third-order valence-corrected chi connectivity index (χ3v) is 7.18. The van der Waals surface area contributed by atoms with Gasteiger partial charge in [-0.15, -0.1) is 0 Å². The van der Waals surface area contributed by atoms with Crippen LogP contribution in [0.3, 0.4) is 0 Å². The number of aromatic amines is 1. The Kier molecular flexibility index (Phi) is 5.96. The average Bonchev–Trinajstić information content (AvgIpc) is 3.50. The number of aromatic nitrogens is 3. The van der Waals surface area contributed by atoms with Crippen molar-refractivity contribution in [3.63, 3.8) is 0 Å². The number of likely N-dealkylation sites (tertiary alicyclic amines) is 1. The highest BCUT2D eigenvalue weighted by atomic mass is 19.4. The van der Waals surface area contributed by atoms with Gasteiger partial charge in [0, 0.05) is 38.9 Å². The quantitative estimate of drug-likeness (QED) is 0.702. The number of pyridine rings is 1. The van der Waals surface area contributed by atoms with Gasteiger partial charge in [0.15, 0.2) is 0 Å². The Hall–Kier alpha value is -3.46. The fraction of sp³-hybridized carbons (Fsp3) is 0.522. The summed E-state index contributed by atoms with van der Waals surface area (Å²) in [6.07, 6.45) is -1.97. The van der Waals surface area contributed by atoms with E-state index in [2.05, 4.69) is 15.0 Å². The summed E-state index contributed by atoms with van der Waals surface area (Å²) in [6.45, 7) is 3.44. The second-order valence-electron chi connectivity index (χ2n) is 9.15. The van der Waals surface area contributed by atoms with Crippen molar-refractivity contribution in [1.29, 1.82) is 5.26 Å². The lowest BCUT2D eigenvalue weighted by Gasteiger charge is -2.36. The number of hydrogen-bond donors (Lipinski definition) is 1. The molecule has 35 heavy (non-hydrogen) atoms. The maximum absolute atomic E-state index is 13.4. The Balaban J connectivity index is 1.21. The molecule has 3 aliphatic rings. The molecule has 2 aliphatic heterocycles. The maximum atomic E-state index is 13.4. The molecule has 2 unspecified atom stereocenters. The third-order valence-electron chi connectivity index (χ3n) is 7.18. The van der Waals surface area contributed by atoms with Crippen LogP contribution < -0.4 is 10.5 Å². The Bertz CT molecular complexity index is 1210. The molecule has 2 atom stereocenters. The summed E-state index contributed by atoms with van der Waals surface area (Å²) in [5.41, 5.74) is -1.61. The van der Waals surface area contributed by atoms with Crippen LogP contribution in [-0.2, 0) is 17.4 Å². The van der Waals surface area contributed by atoms with Crippen LogP contribution in [0.5, 0.6) is 0 Å². The first kappa shape index (κ1) is 23.3. The standard InChI is InChI=1S/C23H24F3N7O2/c24-23(25,26)19-16-2-3-17(20(16)29-30-21(19)34)33-6-5-15(13-33)22(35)32-9-7-31(8-10-32)18-4-1-14(11-27)12-28-18/h1,4,12,15,17H,2-3,5-10,13H2,(H,30,34). The summed E-state index contributed by atoms with van der Waals surface area (Å²) >= 11 is 0. The smallest absolute Gasteiger partial charge is 0.353 e. The lowest BCUT2D eigenvalue weighted by Crippen LogP contribution is -2.51. The van der Waals surface area contributed by atoms with Crippen molar-refractivity contribution in [3.8, 4) is 6.07 Å². The number of nitrogens with one attached hydrogen (secondary N) is 1. The first-order valence-corrected chi connectivity index (χ1v) is 11.6. The molecule has 1 N–H and O–H groups in total. The minimum atomic E-state index is -4.73. The van der Waals surface area contributed by atoms with Crippen molar-refractivity contribution in [2.45, 2.75) is 31.5 Å². The number of halogens is 3. The molecule has 5 rings (SSSR count). The number of hydrogen-bond acceptors (Lipinski definition) is 7. The van der Waals surface area contributed by atoms with Crippen molar-refractivity contribution in [2.24, 2.45) is 5.92 Å². The van der Waals surface area contributed by atoms with Crippen LogP contribution in [0.15, 0.2) is 23.1 Å². The maximum Gasteiger partial charge on any atom is 0.422 e. The monoisotopic (exact) mass is 487 g/mol. The summed E-state index contributed by atoms with van der Waals surface area (Å²) in [5, 5.41) is 14.9. The van der Waals surface area contributed by atoms with Crippen molar-refractivity contribution in [3.05, 3.63) is 51.1 Å². The number of rotatable bonds is 3. The van der Waals surface area contributed by atoms with Gasteiger partial charge in [-0.3, -0.25) is 14.5 Å². The van der Waals surface area contributed by atoms with E-state index in [1.54, 1.807) is 12.1 Å². The highest BCUT2D eigenvalue weighted by Crippen LogP contribution is 2.41. The molecule has 0 aromatic carbocycles. The van der Waals surface area contributed by atoms with Gasteiger partial charge in [-0.25, -0.2) is 10.1 Å². The zero-order valence-electron chi connectivity index (χ0n) is 18.9. The number of nitrogens with zero attached hydrogens (tertiary/aromatic N) is 6. The molecule has 12 heteroatoms. The van der Waals surface area contributed by atoms with Crippen LogP contribution in [0.4, 0.5) is 19.0 Å². The first-order chi connectivity index (χ1) is 16.8. The molecule has 0 spiro atoms. The zero-order valence-corrected chi connectivity index (χ0v) is 18.9. The van der Waals surface area contributed by atoms with Crippen LogP contribution in [-0.4, -0.2) is 70.2 Å². The number of carbonyl (C=O) groups is 1. The van der Waals surface area contributed by atoms with Crippen LogP contribution >= 0.6 is 0 Å². The fourth-order valence-electron chi connectivity index (χ4n) is 5.43. The van der Waals surface area contributed by atoms with E-state index in [-0.39, 0.29) is 35.5 Å². The zero-order chi connectivity index (χ0) is 24.7. The highest BCUT2D eigenvalue weighted by Gasteiger charge is 2.44. The van der Waals surface area contributed by atoms with E-state index >= 15 is 0 Å². The lowest BCUT2D eigenvalue weighted by atomic mass is 10.1. The second kappa shape index (κ2) is 8.96. The average molecular weight is 487 g/mol. The minimum absolute atomic E-state index is 0.0199. The van der Waals surface area contributed by atoms with E-state index in [0.717, 1.165) is 5.82 Å². The molecule has 1 amide bonds. The molecule has 4 heterocycles. The largest absolute Gasteiger partial charge is 0.422 e. The number of carbonyl (C=O) groups excluding carboxylic acids is 1. The van der Waals surface area contributed by atoms with Gasteiger partial charge in [0.1, 0.15) is 17.5 Å². The molecule has 9 nitrogen and oxygen atoms in total. The Morgan fingerprint density at radius 2 is 1.91 bits per heavy atom. The lowest BCUT2D eigenvalue weighted by molar-refractivity contribution is -0.139. The predicted molar refractivity (Wildman–Crippen MR) is 118 cm³/mol. The Labute approximate surface area is 199 Å². The van der Waals surface area contributed by atoms with Gasteiger partial charge in [-0.2, -0.15) is 23.5 Å². The number of alkyl halides is 3. The van der Waals surface area contributed by atoms with E-state index < -0.39 is 17.3 Å². The van der Waals surface area contributed by atoms with Gasteiger partial charge in [-0.05, 0) is 43.5 Å². The molecule has 2 aromatic rings. The number of H-pyrrole nitrogens is 1. The van der Waals surface area contributed by atoms with Gasteiger partial charge in [0.25, 0.3) is 5.56 Å². The molecule has 0 bridgehead atoms. The third kappa shape index (κ3) is 4.36. The molecule has 1 aliphatic carbocycles. The molecular formula is C23H24F3N7O2. The van der Waals surface area contributed by atoms with Crippen LogP contribution in [0.2, 0.25) is 0 Å². The predicted octanol–water partition coefficient (Wildman–Crippen LogP) is 1.71. The van der Waals surface area contributed by atoms with E-state index in [4.69, 9.17) is 5.26 Å². The van der Waals surface area contributed by atoms with E-state index in [1.165, 1.54) is 6.20 Å². The molecule has 0 radical (unpaired) electrons. The number of piperazine rings is 1. The Morgan fingerprint density at radius 3 is 2.57 bits per heavy atom. The van der Waals surface area contributed by atoms with Gasteiger partial charge in [0.2, 0.25) is 5.91 Å². The first-order valence-electron chi connectivity index (χ1n) is 11.6. The van der Waals surface area contributed by atoms with Crippen molar-refractivity contribution >= 4 is 11.7 Å². The van der Waals surface area contributed by atoms with E-state index in [1.807, 2.05) is 21.0 Å². The fourth-order valence-corrected chi connectivity index (χ4v) is 5.43.